The standard InChI is InChI=1S/C27H25N3O6/c1-34-12-11-28-27(33)30-25(31)16-36-26(32)22-15-24(29-23-6-4-3-5-21(22)23)19-8-7-18-14-20(35-2)10-9-17(18)13-19/h3-10,13-15H,11-12,16H2,1-2H3,(H2,28,30,31,33). The molecule has 0 aliphatic carbocycles. The van der Waals surface area contributed by atoms with Gasteiger partial charge >= 0.3 is 12.0 Å². The molecule has 4 rings (SSSR count). The number of rotatable bonds is 8. The Kier molecular flexibility index (Phi) is 7.72. The highest BCUT2D eigenvalue weighted by atomic mass is 16.5. The highest BCUT2D eigenvalue weighted by molar-refractivity contribution is 6.05. The smallest absolute Gasteiger partial charge is 0.339 e. The molecule has 184 valence electrons. The van der Waals surface area contributed by atoms with Crippen molar-refractivity contribution < 1.29 is 28.6 Å². The normalized spacial score (nSPS) is 10.7. The van der Waals surface area contributed by atoms with Crippen LogP contribution < -0.4 is 15.4 Å². The van der Waals surface area contributed by atoms with Gasteiger partial charge in [-0.2, -0.15) is 0 Å². The van der Waals surface area contributed by atoms with E-state index in [9.17, 15) is 14.4 Å². The Morgan fingerprint density at radius 2 is 1.69 bits per heavy atom. The average Bonchev–Trinajstić information content (AvgIpc) is 2.90. The quantitative estimate of drug-likeness (QED) is 0.288. The van der Waals surface area contributed by atoms with Crippen molar-refractivity contribution in [2.24, 2.45) is 0 Å². The van der Waals surface area contributed by atoms with Crippen molar-refractivity contribution in [2.75, 3.05) is 34.0 Å². The fraction of sp³-hybridized carbons (Fsp3) is 0.185. The Hall–Kier alpha value is -4.50. The van der Waals surface area contributed by atoms with Crippen LogP contribution in [0, 0.1) is 0 Å². The van der Waals surface area contributed by atoms with E-state index in [0.29, 0.717) is 23.2 Å². The molecule has 0 aliphatic heterocycles. The SMILES string of the molecule is COCCNC(=O)NC(=O)COC(=O)c1cc(-c2ccc3cc(OC)ccc3c2)nc2ccccc12. The van der Waals surface area contributed by atoms with Crippen LogP contribution in [0.15, 0.2) is 66.7 Å². The number of aromatic nitrogens is 1. The number of nitrogens with one attached hydrogen (secondary N) is 2. The van der Waals surface area contributed by atoms with Gasteiger partial charge in [-0.15, -0.1) is 0 Å². The van der Waals surface area contributed by atoms with Crippen LogP contribution in [-0.2, 0) is 14.3 Å². The molecule has 4 aromatic rings. The average molecular weight is 488 g/mol. The van der Waals surface area contributed by atoms with Crippen LogP contribution in [0.4, 0.5) is 4.79 Å². The van der Waals surface area contributed by atoms with Crippen molar-refractivity contribution in [1.29, 1.82) is 0 Å². The third-order valence-electron chi connectivity index (χ3n) is 5.46. The van der Waals surface area contributed by atoms with Gasteiger partial charge in [-0.1, -0.05) is 36.4 Å². The summed E-state index contributed by atoms with van der Waals surface area (Å²) in [6.45, 7) is -0.0662. The van der Waals surface area contributed by atoms with Gasteiger partial charge in [-0.05, 0) is 41.1 Å². The molecule has 0 saturated heterocycles. The molecule has 36 heavy (non-hydrogen) atoms. The molecule has 0 bridgehead atoms. The number of para-hydroxylation sites is 1. The van der Waals surface area contributed by atoms with Gasteiger partial charge in [-0.25, -0.2) is 14.6 Å². The molecule has 2 N–H and O–H groups in total. The summed E-state index contributed by atoms with van der Waals surface area (Å²) in [6.07, 6.45) is 0. The van der Waals surface area contributed by atoms with E-state index < -0.39 is 24.5 Å². The van der Waals surface area contributed by atoms with Crippen LogP contribution in [0.3, 0.4) is 0 Å². The Morgan fingerprint density at radius 3 is 2.50 bits per heavy atom. The maximum Gasteiger partial charge on any atom is 0.339 e. The number of urea groups is 1. The zero-order valence-corrected chi connectivity index (χ0v) is 19.9. The van der Waals surface area contributed by atoms with E-state index in [2.05, 4.69) is 10.6 Å². The molecule has 0 unspecified atom stereocenters. The molecule has 0 atom stereocenters. The number of pyridine rings is 1. The number of methoxy groups -OCH3 is 2. The van der Waals surface area contributed by atoms with Crippen LogP contribution in [0.5, 0.6) is 5.75 Å². The number of hydrogen-bond donors (Lipinski definition) is 2. The van der Waals surface area contributed by atoms with Crippen LogP contribution >= 0.6 is 0 Å². The van der Waals surface area contributed by atoms with Gasteiger partial charge < -0.3 is 19.5 Å². The maximum atomic E-state index is 13.0. The van der Waals surface area contributed by atoms with Gasteiger partial charge in [-0.3, -0.25) is 10.1 Å². The Morgan fingerprint density at radius 1 is 0.917 bits per heavy atom. The summed E-state index contributed by atoms with van der Waals surface area (Å²) in [5.74, 6) is -0.683. The number of amides is 3. The lowest BCUT2D eigenvalue weighted by Crippen LogP contribution is -2.42. The highest BCUT2D eigenvalue weighted by Gasteiger charge is 2.17. The molecule has 0 saturated carbocycles. The number of esters is 1. The second-order valence-electron chi connectivity index (χ2n) is 7.87. The largest absolute Gasteiger partial charge is 0.497 e. The van der Waals surface area contributed by atoms with Crippen molar-refractivity contribution in [3.63, 3.8) is 0 Å². The first-order valence-corrected chi connectivity index (χ1v) is 11.2. The Bertz CT molecular complexity index is 1440. The van der Waals surface area contributed by atoms with Gasteiger partial charge in [0, 0.05) is 24.6 Å². The minimum atomic E-state index is -0.748. The van der Waals surface area contributed by atoms with E-state index in [1.54, 1.807) is 31.4 Å². The first-order valence-electron chi connectivity index (χ1n) is 11.2. The number of ether oxygens (including phenoxy) is 3. The molecular formula is C27H25N3O6. The van der Waals surface area contributed by atoms with Gasteiger partial charge in [0.15, 0.2) is 6.61 Å². The van der Waals surface area contributed by atoms with E-state index >= 15 is 0 Å². The molecule has 1 aromatic heterocycles. The van der Waals surface area contributed by atoms with Crippen LogP contribution in [0.2, 0.25) is 0 Å². The molecule has 0 fully saturated rings. The molecule has 0 spiro atoms. The minimum absolute atomic E-state index is 0.240. The van der Waals surface area contributed by atoms with Crippen molar-refractivity contribution in [1.82, 2.24) is 15.6 Å². The Balaban J connectivity index is 1.56. The first-order chi connectivity index (χ1) is 17.5. The molecule has 0 radical (unpaired) electrons. The molecule has 1 heterocycles. The summed E-state index contributed by atoms with van der Waals surface area (Å²) < 4.78 is 15.3. The van der Waals surface area contributed by atoms with Crippen LogP contribution in [0.25, 0.3) is 32.9 Å². The lowest BCUT2D eigenvalue weighted by Gasteiger charge is -2.11. The fourth-order valence-electron chi connectivity index (χ4n) is 3.68. The summed E-state index contributed by atoms with van der Waals surface area (Å²) >= 11 is 0. The third kappa shape index (κ3) is 5.76. The van der Waals surface area contributed by atoms with Gasteiger partial charge in [0.1, 0.15) is 5.75 Å². The number of imide groups is 1. The molecule has 9 heteroatoms. The van der Waals surface area contributed by atoms with Crippen molar-refractivity contribution in [3.8, 4) is 17.0 Å². The molecule has 9 nitrogen and oxygen atoms in total. The number of hydrogen-bond acceptors (Lipinski definition) is 7. The van der Waals surface area contributed by atoms with Gasteiger partial charge in [0.05, 0.1) is 30.5 Å². The molecule has 3 amide bonds. The second kappa shape index (κ2) is 11.3. The molecule has 3 aromatic carbocycles. The Labute approximate surface area is 207 Å². The fourth-order valence-corrected chi connectivity index (χ4v) is 3.68. The van der Waals surface area contributed by atoms with Gasteiger partial charge in [0.2, 0.25) is 0 Å². The van der Waals surface area contributed by atoms with Crippen LogP contribution in [-0.4, -0.2) is 56.9 Å². The lowest BCUT2D eigenvalue weighted by atomic mass is 10.0. The summed E-state index contributed by atoms with van der Waals surface area (Å²) in [7, 11) is 3.12. The predicted octanol–water partition coefficient (Wildman–Crippen LogP) is 3.69. The van der Waals surface area contributed by atoms with E-state index in [0.717, 1.165) is 22.1 Å². The monoisotopic (exact) mass is 487 g/mol. The van der Waals surface area contributed by atoms with E-state index in [4.69, 9.17) is 19.2 Å². The topological polar surface area (TPSA) is 116 Å². The van der Waals surface area contributed by atoms with E-state index in [-0.39, 0.29) is 12.1 Å². The maximum absolute atomic E-state index is 13.0. The third-order valence-corrected chi connectivity index (χ3v) is 5.46. The molecule has 0 aliphatic rings. The zero-order valence-electron chi connectivity index (χ0n) is 19.9. The molecular weight excluding hydrogens is 462 g/mol. The summed E-state index contributed by atoms with van der Waals surface area (Å²) in [5.41, 5.74) is 2.28. The summed E-state index contributed by atoms with van der Waals surface area (Å²) in [6, 6.07) is 19.8. The van der Waals surface area contributed by atoms with Crippen molar-refractivity contribution in [3.05, 3.63) is 72.3 Å². The second-order valence-corrected chi connectivity index (χ2v) is 7.87. The number of fused-ring (bicyclic) bond motifs is 2. The highest BCUT2D eigenvalue weighted by Crippen LogP contribution is 2.29. The minimum Gasteiger partial charge on any atom is -0.497 e. The van der Waals surface area contributed by atoms with Crippen molar-refractivity contribution in [2.45, 2.75) is 0 Å². The number of nitrogens with zero attached hydrogens (tertiary/aromatic N) is 1. The van der Waals surface area contributed by atoms with E-state index in [1.807, 2.05) is 42.5 Å². The van der Waals surface area contributed by atoms with E-state index in [1.165, 1.54) is 7.11 Å². The van der Waals surface area contributed by atoms with Gasteiger partial charge in [0.25, 0.3) is 5.91 Å². The predicted molar refractivity (Wildman–Crippen MR) is 135 cm³/mol. The first kappa shape index (κ1) is 24.6. The van der Waals surface area contributed by atoms with Crippen LogP contribution in [0.1, 0.15) is 10.4 Å². The van der Waals surface area contributed by atoms with Crippen molar-refractivity contribution >= 4 is 39.6 Å². The lowest BCUT2D eigenvalue weighted by molar-refractivity contribution is -0.123. The number of carbonyl (C=O) groups is 3. The summed E-state index contributed by atoms with van der Waals surface area (Å²) in [5, 5.41) is 7.15. The zero-order chi connectivity index (χ0) is 25.5. The number of carbonyl (C=O) groups excluding carboxylic acids is 3. The number of benzene rings is 3. The summed E-state index contributed by atoms with van der Waals surface area (Å²) in [4.78, 5) is 41.4.